The molecule has 124 valence electrons. The van der Waals surface area contributed by atoms with Crippen LogP contribution in [0.2, 0.25) is 0 Å². The van der Waals surface area contributed by atoms with Crippen molar-refractivity contribution >= 4 is 28.7 Å². The molecule has 0 fully saturated rings. The van der Waals surface area contributed by atoms with Gasteiger partial charge in [-0.15, -0.1) is 0 Å². The number of pyridine rings is 1. The van der Waals surface area contributed by atoms with Gasteiger partial charge in [0.2, 0.25) is 0 Å². The maximum atomic E-state index is 5.46. The zero-order valence-electron chi connectivity index (χ0n) is 13.8. The minimum absolute atomic E-state index is 0.510. The third-order valence-corrected chi connectivity index (χ3v) is 4.03. The highest BCUT2D eigenvalue weighted by molar-refractivity contribution is 7.80. The fourth-order valence-electron chi connectivity index (χ4n) is 2.32. The molecule has 5 heteroatoms. The van der Waals surface area contributed by atoms with Crippen molar-refractivity contribution in [2.45, 2.75) is 0 Å². The van der Waals surface area contributed by atoms with Crippen molar-refractivity contribution in [2.24, 2.45) is 5.10 Å². The lowest BCUT2D eigenvalue weighted by Crippen LogP contribution is -2.34. The molecule has 0 spiro atoms. The van der Waals surface area contributed by atoms with Crippen LogP contribution in [-0.2, 0) is 0 Å². The summed E-state index contributed by atoms with van der Waals surface area (Å²) < 4.78 is 0. The van der Waals surface area contributed by atoms with Crippen molar-refractivity contribution < 1.29 is 0 Å². The maximum absolute atomic E-state index is 5.46. The first-order valence-corrected chi connectivity index (χ1v) is 8.30. The van der Waals surface area contributed by atoms with Gasteiger partial charge in [0.25, 0.3) is 0 Å². The Hall–Kier alpha value is -3.05. The lowest BCUT2D eigenvalue weighted by atomic mass is 10.1. The Morgan fingerprint density at radius 3 is 2.20 bits per heavy atom. The Kier molecular flexibility index (Phi) is 5.49. The second-order valence-electron chi connectivity index (χ2n) is 5.35. The van der Waals surface area contributed by atoms with E-state index in [9.17, 15) is 0 Å². The molecule has 0 aliphatic carbocycles. The largest absolute Gasteiger partial charge is 0.321 e. The van der Waals surface area contributed by atoms with Crippen LogP contribution >= 0.6 is 12.2 Å². The number of hydrogen-bond donors (Lipinski definition) is 1. The molecule has 0 bridgehead atoms. The molecule has 0 aliphatic rings. The van der Waals surface area contributed by atoms with Gasteiger partial charge in [0.1, 0.15) is 5.71 Å². The van der Waals surface area contributed by atoms with E-state index in [0.717, 1.165) is 22.7 Å². The number of anilines is 1. The summed E-state index contributed by atoms with van der Waals surface area (Å²) in [6.07, 6.45) is 1.75. The summed E-state index contributed by atoms with van der Waals surface area (Å²) in [6, 6.07) is 25.6. The van der Waals surface area contributed by atoms with Gasteiger partial charge >= 0.3 is 0 Å². The smallest absolute Gasteiger partial charge is 0.193 e. The Morgan fingerprint density at radius 2 is 1.56 bits per heavy atom. The minimum Gasteiger partial charge on any atom is -0.321 e. The van der Waals surface area contributed by atoms with E-state index < -0.39 is 0 Å². The molecule has 1 heterocycles. The zero-order chi connectivity index (χ0) is 17.5. The van der Waals surface area contributed by atoms with Crippen LogP contribution < -0.4 is 10.3 Å². The maximum Gasteiger partial charge on any atom is 0.193 e. The minimum atomic E-state index is 0.510. The van der Waals surface area contributed by atoms with Crippen molar-refractivity contribution in [1.29, 1.82) is 0 Å². The number of benzene rings is 2. The normalized spacial score (nSPS) is 11.0. The molecular weight excluding hydrogens is 328 g/mol. The number of rotatable bonds is 4. The van der Waals surface area contributed by atoms with Crippen molar-refractivity contribution in [3.8, 4) is 0 Å². The van der Waals surface area contributed by atoms with Gasteiger partial charge in [-0.05, 0) is 36.5 Å². The monoisotopic (exact) mass is 346 g/mol. The first-order chi connectivity index (χ1) is 12.3. The van der Waals surface area contributed by atoms with Crippen LogP contribution in [0.5, 0.6) is 0 Å². The molecule has 0 aliphatic heterocycles. The molecule has 1 aromatic heterocycles. The van der Waals surface area contributed by atoms with Crippen LogP contribution in [0.4, 0.5) is 5.69 Å². The average Bonchev–Trinajstić information content (AvgIpc) is 2.70. The standard InChI is InChI=1S/C20H18N4S/c1-24(17-12-6-3-7-13-17)20(25)23-22-19(16-10-4-2-5-11-16)18-14-8-9-15-21-18/h2-15H,1H3,(H,23,25)/b22-19-. The number of nitrogens with zero attached hydrogens (tertiary/aromatic N) is 3. The highest BCUT2D eigenvalue weighted by Crippen LogP contribution is 2.12. The second-order valence-corrected chi connectivity index (χ2v) is 5.74. The number of para-hydroxylation sites is 1. The molecule has 0 unspecified atom stereocenters. The predicted molar refractivity (Wildman–Crippen MR) is 107 cm³/mol. The lowest BCUT2D eigenvalue weighted by molar-refractivity contribution is 1.00. The third kappa shape index (κ3) is 4.28. The van der Waals surface area contributed by atoms with Crippen LogP contribution in [0.1, 0.15) is 11.3 Å². The van der Waals surface area contributed by atoms with Crippen molar-refractivity contribution in [3.63, 3.8) is 0 Å². The third-order valence-electron chi connectivity index (χ3n) is 3.67. The highest BCUT2D eigenvalue weighted by Gasteiger charge is 2.10. The van der Waals surface area contributed by atoms with Gasteiger partial charge in [0.15, 0.2) is 5.11 Å². The topological polar surface area (TPSA) is 40.5 Å². The predicted octanol–water partition coefficient (Wildman–Crippen LogP) is 3.84. The Labute approximate surface area is 152 Å². The molecule has 0 saturated carbocycles. The van der Waals surface area contributed by atoms with E-state index >= 15 is 0 Å². The van der Waals surface area contributed by atoms with E-state index in [2.05, 4.69) is 15.5 Å². The molecule has 0 amide bonds. The summed E-state index contributed by atoms with van der Waals surface area (Å²) in [5, 5.41) is 5.04. The molecule has 0 saturated heterocycles. The summed E-state index contributed by atoms with van der Waals surface area (Å²) in [5.41, 5.74) is 6.47. The first-order valence-electron chi connectivity index (χ1n) is 7.89. The van der Waals surface area contributed by atoms with Gasteiger partial charge in [-0.1, -0.05) is 54.6 Å². The van der Waals surface area contributed by atoms with Gasteiger partial charge < -0.3 is 4.90 Å². The summed E-state index contributed by atoms with van der Waals surface area (Å²) in [4.78, 5) is 6.28. The molecule has 25 heavy (non-hydrogen) atoms. The molecular formula is C20H18N4S. The molecule has 3 aromatic rings. The van der Waals surface area contributed by atoms with Crippen molar-refractivity contribution in [1.82, 2.24) is 10.4 Å². The molecule has 0 atom stereocenters. The van der Waals surface area contributed by atoms with E-state index in [1.54, 1.807) is 6.20 Å². The van der Waals surface area contributed by atoms with E-state index in [1.807, 2.05) is 90.8 Å². The van der Waals surface area contributed by atoms with E-state index in [-0.39, 0.29) is 0 Å². The summed E-state index contributed by atoms with van der Waals surface area (Å²) in [5.74, 6) is 0. The van der Waals surface area contributed by atoms with E-state index in [0.29, 0.717) is 5.11 Å². The summed E-state index contributed by atoms with van der Waals surface area (Å²) in [6.45, 7) is 0. The number of aromatic nitrogens is 1. The molecule has 4 nitrogen and oxygen atoms in total. The second kappa shape index (κ2) is 8.17. The van der Waals surface area contributed by atoms with Gasteiger partial charge in [0.05, 0.1) is 5.69 Å². The first kappa shape index (κ1) is 16.8. The quantitative estimate of drug-likeness (QED) is 0.443. The average molecular weight is 346 g/mol. The van der Waals surface area contributed by atoms with Crippen LogP contribution in [0.25, 0.3) is 0 Å². The highest BCUT2D eigenvalue weighted by atomic mass is 32.1. The fourth-order valence-corrected chi connectivity index (χ4v) is 2.47. The number of nitrogens with one attached hydrogen (secondary N) is 1. The molecule has 3 rings (SSSR count). The summed E-state index contributed by atoms with van der Waals surface area (Å²) >= 11 is 5.46. The lowest BCUT2D eigenvalue weighted by Gasteiger charge is -2.19. The van der Waals surface area contributed by atoms with Crippen molar-refractivity contribution in [2.75, 3.05) is 11.9 Å². The van der Waals surface area contributed by atoms with Crippen LogP contribution in [0.15, 0.2) is 90.2 Å². The van der Waals surface area contributed by atoms with Gasteiger partial charge in [0, 0.05) is 24.5 Å². The van der Waals surface area contributed by atoms with Crippen LogP contribution in [-0.4, -0.2) is 22.9 Å². The number of thiocarbonyl (C=S) groups is 1. The van der Waals surface area contributed by atoms with Gasteiger partial charge in [-0.25, -0.2) is 0 Å². The molecule has 0 radical (unpaired) electrons. The SMILES string of the molecule is CN(C(=S)N/N=C(/c1ccccc1)c1ccccn1)c1ccccc1. The number of hydrogen-bond acceptors (Lipinski definition) is 3. The Balaban J connectivity index is 1.85. The van der Waals surface area contributed by atoms with Gasteiger partial charge in [-0.2, -0.15) is 5.10 Å². The van der Waals surface area contributed by atoms with Crippen LogP contribution in [0, 0.1) is 0 Å². The Morgan fingerprint density at radius 1 is 0.920 bits per heavy atom. The fraction of sp³-hybridized carbons (Fsp3) is 0.0500. The van der Waals surface area contributed by atoms with Crippen molar-refractivity contribution in [3.05, 3.63) is 96.3 Å². The zero-order valence-corrected chi connectivity index (χ0v) is 14.6. The van der Waals surface area contributed by atoms with Crippen LogP contribution in [0.3, 0.4) is 0 Å². The molecule has 2 aromatic carbocycles. The van der Waals surface area contributed by atoms with Gasteiger partial charge in [-0.3, -0.25) is 10.4 Å². The van der Waals surface area contributed by atoms with E-state index in [4.69, 9.17) is 12.2 Å². The number of hydrazone groups is 1. The Bertz CT molecular complexity index is 807. The van der Waals surface area contributed by atoms with E-state index in [1.165, 1.54) is 0 Å². The summed E-state index contributed by atoms with van der Waals surface area (Å²) in [7, 11) is 1.91. The molecule has 1 N–H and O–H groups in total.